The van der Waals surface area contributed by atoms with Crippen LogP contribution in [-0.2, 0) is 15.1 Å². The lowest BCUT2D eigenvalue weighted by atomic mass is 10.1. The third-order valence-electron chi connectivity index (χ3n) is 6.84. The van der Waals surface area contributed by atoms with Gasteiger partial charge in [-0.05, 0) is 61.7 Å². The van der Waals surface area contributed by atoms with Crippen molar-refractivity contribution in [1.29, 1.82) is 0 Å². The molecule has 0 atom stereocenters. The number of ether oxygens (including phenoxy) is 3. The molecule has 1 saturated carbocycles. The normalized spacial score (nSPS) is 12.5. The average molecular weight is 732 g/mol. The molecule has 0 spiro atoms. The number of benzene rings is 2. The largest absolute Gasteiger partial charge is 0.488 e. The number of alkyl halides is 3. The van der Waals surface area contributed by atoms with Crippen molar-refractivity contribution in [2.45, 2.75) is 31.5 Å². The molecule has 1 amide bonds. The first-order chi connectivity index (χ1) is 24.4. The second kappa shape index (κ2) is 18.2. The van der Waals surface area contributed by atoms with E-state index >= 15 is 0 Å². The average Bonchev–Trinajstić information content (AvgIpc) is 3.91. The molecule has 1 aromatic heterocycles. The van der Waals surface area contributed by atoms with E-state index in [1.54, 1.807) is 31.2 Å². The van der Waals surface area contributed by atoms with Crippen LogP contribution in [0.5, 0.6) is 11.8 Å². The Morgan fingerprint density at radius 2 is 1.59 bits per heavy atom. The van der Waals surface area contributed by atoms with Crippen LogP contribution >= 0.6 is 11.6 Å². The smallest absolute Gasteiger partial charge is 0.422 e. The maximum Gasteiger partial charge on any atom is 0.422 e. The number of hydrogen-bond donors (Lipinski definition) is 4. The van der Waals surface area contributed by atoms with Gasteiger partial charge >= 0.3 is 12.2 Å². The Hall–Kier alpha value is -5.89. The number of nitrogens with zero attached hydrogens (tertiary/aromatic N) is 3. The van der Waals surface area contributed by atoms with E-state index in [0.717, 1.165) is 18.4 Å². The zero-order valence-corrected chi connectivity index (χ0v) is 28.1. The van der Waals surface area contributed by atoms with E-state index in [-0.39, 0.29) is 43.0 Å². The molecule has 0 aliphatic heterocycles. The van der Waals surface area contributed by atoms with E-state index in [9.17, 15) is 27.6 Å². The monoisotopic (exact) mass is 731 g/mol. The van der Waals surface area contributed by atoms with Gasteiger partial charge in [0.05, 0.1) is 19.3 Å². The molecule has 18 heteroatoms. The van der Waals surface area contributed by atoms with Crippen LogP contribution in [0, 0.1) is 12.8 Å². The summed E-state index contributed by atoms with van der Waals surface area (Å²) in [5, 5.41) is 12.1. The molecule has 4 N–H and O–H groups in total. The van der Waals surface area contributed by atoms with Crippen molar-refractivity contribution >= 4 is 47.3 Å². The van der Waals surface area contributed by atoms with Gasteiger partial charge in [-0.25, -0.2) is 0 Å². The lowest BCUT2D eigenvalue weighted by molar-refractivity contribution is -0.154. The molecule has 1 heterocycles. The SMILES string of the molecule is C#C.CCOc1c(NCCNC(=O)c2ccc(Nc3nc(NC4(c5ccc(Cl)cc5)CC4)nc(OCC(F)(F)F)n3)cc2)c(=O)c1=O.COC=O. The summed E-state index contributed by atoms with van der Waals surface area (Å²) < 4.78 is 52.3. The molecule has 51 heavy (non-hydrogen) atoms. The number of halogens is 4. The van der Waals surface area contributed by atoms with Crippen molar-refractivity contribution in [2.24, 2.45) is 0 Å². The molecule has 1 fully saturated rings. The minimum absolute atomic E-state index is 0.00867. The van der Waals surface area contributed by atoms with Crippen LogP contribution in [0.15, 0.2) is 58.1 Å². The van der Waals surface area contributed by atoms with Crippen molar-refractivity contribution < 1.29 is 37.0 Å². The summed E-state index contributed by atoms with van der Waals surface area (Å²) in [4.78, 5) is 57.1. The number of amides is 1. The third kappa shape index (κ3) is 11.3. The molecule has 14 nitrogen and oxygen atoms in total. The number of carbonyl (C=O) groups excluding carboxylic acids is 2. The summed E-state index contributed by atoms with van der Waals surface area (Å²) in [5.41, 5.74) is -0.0959. The third-order valence-corrected chi connectivity index (χ3v) is 7.10. The fourth-order valence-electron chi connectivity index (χ4n) is 4.39. The molecule has 0 bridgehead atoms. The van der Waals surface area contributed by atoms with Crippen LogP contribution < -0.4 is 41.6 Å². The van der Waals surface area contributed by atoms with Crippen LogP contribution in [0.25, 0.3) is 0 Å². The predicted molar refractivity (Wildman–Crippen MR) is 183 cm³/mol. The number of nitrogens with one attached hydrogen (secondary N) is 4. The van der Waals surface area contributed by atoms with Crippen molar-refractivity contribution in [3.8, 4) is 24.6 Å². The Bertz CT molecular complexity index is 1860. The molecule has 0 unspecified atom stereocenters. The van der Waals surface area contributed by atoms with Gasteiger partial charge in [0, 0.05) is 29.4 Å². The molecule has 3 aromatic carbocycles. The maximum atomic E-state index is 12.8. The minimum Gasteiger partial charge on any atom is -0.488 e. The molecule has 270 valence electrons. The first-order valence-electron chi connectivity index (χ1n) is 15.0. The number of aromatic nitrogens is 3. The van der Waals surface area contributed by atoms with Gasteiger partial charge in [-0.15, -0.1) is 12.8 Å². The van der Waals surface area contributed by atoms with Gasteiger partial charge in [0.1, 0.15) is 5.69 Å². The second-order valence-corrected chi connectivity index (χ2v) is 10.8. The van der Waals surface area contributed by atoms with Gasteiger partial charge in [0.25, 0.3) is 23.2 Å². The van der Waals surface area contributed by atoms with Crippen molar-refractivity contribution in [3.05, 3.63) is 85.1 Å². The standard InChI is InChI=1S/C29H27ClF3N7O5.C2H4O2.C2H2/c1-2-44-23-20(21(41)22(23)42)34-13-14-35-24(43)16-3-9-19(10-4-16)36-25-37-26(39-27(38-25)45-15-29(31,32)33)40-28(11-12-28)17-5-7-18(30)8-6-17;1-4-2-3;1-2/h3-10,34H,2,11-15H2,1H3,(H,35,43)(H2,36,37,38,39,40);2H,1H3;1-2H. The molecule has 1 aliphatic rings. The number of rotatable bonds is 15. The Balaban J connectivity index is 0.00000109. The second-order valence-electron chi connectivity index (χ2n) is 10.4. The number of terminal acetylenes is 1. The summed E-state index contributed by atoms with van der Waals surface area (Å²) in [6.07, 6.45) is 4.88. The summed E-state index contributed by atoms with van der Waals surface area (Å²) in [7, 11) is 1.31. The Kier molecular flexibility index (Phi) is 14.1. The molecule has 0 saturated heterocycles. The summed E-state index contributed by atoms with van der Waals surface area (Å²) in [6, 6.07) is 12.8. The number of anilines is 4. The number of methoxy groups -OCH3 is 1. The first-order valence-corrected chi connectivity index (χ1v) is 15.4. The Morgan fingerprint density at radius 3 is 2.16 bits per heavy atom. The van der Waals surface area contributed by atoms with E-state index in [4.69, 9.17) is 25.9 Å². The van der Waals surface area contributed by atoms with Gasteiger partial charge in [-0.1, -0.05) is 23.7 Å². The molecular weight excluding hydrogens is 699 g/mol. The van der Waals surface area contributed by atoms with Crippen LogP contribution in [0.4, 0.5) is 36.4 Å². The predicted octanol–water partition coefficient (Wildman–Crippen LogP) is 4.19. The summed E-state index contributed by atoms with van der Waals surface area (Å²) >= 11 is 6.01. The summed E-state index contributed by atoms with van der Waals surface area (Å²) in [5.74, 6) is -0.473. The van der Waals surface area contributed by atoms with Gasteiger partial charge in [-0.3, -0.25) is 19.2 Å². The topological polar surface area (TPSA) is 183 Å². The molecule has 1 aliphatic carbocycles. The quantitative estimate of drug-likeness (QED) is 0.0592. The highest BCUT2D eigenvalue weighted by Crippen LogP contribution is 2.48. The lowest BCUT2D eigenvalue weighted by Crippen LogP contribution is -2.37. The van der Waals surface area contributed by atoms with Gasteiger partial charge in [0.15, 0.2) is 12.4 Å². The van der Waals surface area contributed by atoms with Gasteiger partial charge in [-0.2, -0.15) is 28.1 Å². The van der Waals surface area contributed by atoms with Crippen LogP contribution in [0.3, 0.4) is 0 Å². The molecule has 5 rings (SSSR count). The van der Waals surface area contributed by atoms with Crippen LogP contribution in [0.2, 0.25) is 5.02 Å². The molecule has 0 radical (unpaired) electrons. The molecule has 4 aromatic rings. The van der Waals surface area contributed by atoms with E-state index in [0.29, 0.717) is 22.7 Å². The highest BCUT2D eigenvalue weighted by atomic mass is 35.5. The van der Waals surface area contributed by atoms with E-state index in [1.807, 2.05) is 12.1 Å². The number of carbonyl (C=O) groups is 2. The fraction of sp³-hybridized carbons (Fsp3) is 0.303. The van der Waals surface area contributed by atoms with Gasteiger partial charge < -0.3 is 35.5 Å². The van der Waals surface area contributed by atoms with Crippen molar-refractivity contribution in [3.63, 3.8) is 0 Å². The zero-order valence-electron chi connectivity index (χ0n) is 27.3. The van der Waals surface area contributed by atoms with Crippen molar-refractivity contribution in [2.75, 3.05) is 49.4 Å². The Morgan fingerprint density at radius 1 is 0.961 bits per heavy atom. The minimum atomic E-state index is -4.60. The van der Waals surface area contributed by atoms with Crippen molar-refractivity contribution in [1.82, 2.24) is 20.3 Å². The fourth-order valence-corrected chi connectivity index (χ4v) is 4.51. The zero-order chi connectivity index (χ0) is 37.6. The van der Waals surface area contributed by atoms with Crippen LogP contribution in [0.1, 0.15) is 35.7 Å². The highest BCUT2D eigenvalue weighted by Gasteiger charge is 2.45. The maximum absolute atomic E-state index is 12.8. The highest BCUT2D eigenvalue weighted by molar-refractivity contribution is 6.30. The van der Waals surface area contributed by atoms with Crippen LogP contribution in [-0.4, -0.2) is 66.9 Å². The Labute approximate surface area is 294 Å². The first kappa shape index (κ1) is 39.5. The van der Waals surface area contributed by atoms with Gasteiger partial charge in [0.2, 0.25) is 11.9 Å². The van der Waals surface area contributed by atoms with E-state index in [1.165, 1.54) is 19.2 Å². The number of hydrogen-bond acceptors (Lipinski definition) is 13. The van der Waals surface area contributed by atoms with E-state index in [2.05, 4.69) is 53.8 Å². The van der Waals surface area contributed by atoms with E-state index < -0.39 is 41.1 Å². The summed E-state index contributed by atoms with van der Waals surface area (Å²) in [6.45, 7) is 1.06. The lowest BCUT2D eigenvalue weighted by Gasteiger charge is -2.19. The molecular formula is C33H33ClF3N7O7.